The highest BCUT2D eigenvalue weighted by Crippen LogP contribution is 2.40. The molecule has 3 aromatic rings. The van der Waals surface area contributed by atoms with Crippen LogP contribution in [0.25, 0.3) is 21.1 Å². The maximum Gasteiger partial charge on any atom is 0.355 e. The lowest BCUT2D eigenvalue weighted by Gasteiger charge is -2.05. The highest BCUT2D eigenvalue weighted by molar-refractivity contribution is 7.18. The fraction of sp³-hybridized carbons (Fsp3) is 0.385. The van der Waals surface area contributed by atoms with Crippen molar-refractivity contribution >= 4 is 35.2 Å². The number of hydrogen-bond donors (Lipinski definition) is 2. The molecule has 0 atom stereocenters. The molecule has 10 nitrogen and oxygen atoms in total. The number of H-pyrrole nitrogens is 2. The van der Waals surface area contributed by atoms with Gasteiger partial charge in [0.2, 0.25) is 0 Å². The summed E-state index contributed by atoms with van der Waals surface area (Å²) < 4.78 is 20.7. The molecule has 0 aromatic carbocycles. The van der Waals surface area contributed by atoms with Gasteiger partial charge in [0.05, 0.1) is 58.7 Å². The Balaban J connectivity index is 2.17. The van der Waals surface area contributed by atoms with E-state index in [9.17, 15) is 19.2 Å². The maximum absolute atomic E-state index is 12.8. The molecule has 2 N–H and O–H groups in total. The lowest BCUT2D eigenvalue weighted by Crippen LogP contribution is -2.09. The number of carbonyl (C=O) groups excluding carboxylic acids is 4. The zero-order chi connectivity index (χ0) is 27.3. The van der Waals surface area contributed by atoms with Crippen molar-refractivity contribution in [1.82, 2.24) is 9.97 Å². The van der Waals surface area contributed by atoms with E-state index in [1.54, 1.807) is 53.7 Å². The summed E-state index contributed by atoms with van der Waals surface area (Å²) in [4.78, 5) is 57.9. The van der Waals surface area contributed by atoms with Gasteiger partial charge in [-0.1, -0.05) is 0 Å². The van der Waals surface area contributed by atoms with Crippen LogP contribution in [0.3, 0.4) is 0 Å². The Labute approximate surface area is 218 Å². The first kappa shape index (κ1) is 27.7. The van der Waals surface area contributed by atoms with Crippen LogP contribution in [0.15, 0.2) is 12.1 Å². The van der Waals surface area contributed by atoms with Crippen molar-refractivity contribution in [3.8, 4) is 21.1 Å². The van der Waals surface area contributed by atoms with Crippen molar-refractivity contribution in [3.63, 3.8) is 0 Å². The van der Waals surface area contributed by atoms with Gasteiger partial charge in [0.1, 0.15) is 11.4 Å². The van der Waals surface area contributed by atoms with Gasteiger partial charge >= 0.3 is 23.9 Å². The third-order valence-electron chi connectivity index (χ3n) is 5.52. The number of ether oxygens (including phenoxy) is 4. The summed E-state index contributed by atoms with van der Waals surface area (Å²) in [5.74, 6) is -2.33. The van der Waals surface area contributed by atoms with Crippen LogP contribution in [-0.4, -0.2) is 60.3 Å². The average Bonchev–Trinajstić information content (AvgIpc) is 3.55. The van der Waals surface area contributed by atoms with Crippen LogP contribution in [0.4, 0.5) is 0 Å². The zero-order valence-corrected chi connectivity index (χ0v) is 22.5. The topological polar surface area (TPSA) is 137 Å². The highest BCUT2D eigenvalue weighted by Gasteiger charge is 2.30. The monoisotopic (exact) mass is 530 g/mol. The van der Waals surface area contributed by atoms with Crippen LogP contribution in [0, 0.1) is 13.8 Å². The summed E-state index contributed by atoms with van der Waals surface area (Å²) in [6, 6.07) is 3.50. The first-order valence-electron chi connectivity index (χ1n) is 11.9. The highest BCUT2D eigenvalue weighted by atomic mass is 32.1. The van der Waals surface area contributed by atoms with Crippen LogP contribution in [0.2, 0.25) is 0 Å². The lowest BCUT2D eigenvalue weighted by molar-refractivity contribution is 0.0505. The number of rotatable bonds is 10. The minimum atomic E-state index is -0.586. The molecule has 11 heteroatoms. The van der Waals surface area contributed by atoms with Gasteiger partial charge in [0.15, 0.2) is 0 Å². The van der Waals surface area contributed by atoms with Crippen LogP contribution >= 0.6 is 11.3 Å². The molecule has 198 valence electrons. The Hall–Kier alpha value is -3.86. The van der Waals surface area contributed by atoms with E-state index in [4.69, 9.17) is 18.9 Å². The molecule has 0 aliphatic carbocycles. The molecule has 0 spiro atoms. The normalized spacial score (nSPS) is 10.8. The summed E-state index contributed by atoms with van der Waals surface area (Å²) in [7, 11) is 0. The molecule has 0 aliphatic rings. The second kappa shape index (κ2) is 11.9. The Kier molecular flexibility index (Phi) is 8.93. The second-order valence-electron chi connectivity index (χ2n) is 7.80. The molecule has 37 heavy (non-hydrogen) atoms. The van der Waals surface area contributed by atoms with Crippen molar-refractivity contribution < 1.29 is 38.1 Å². The maximum atomic E-state index is 12.8. The molecule has 0 saturated heterocycles. The Bertz CT molecular complexity index is 1230. The Morgan fingerprint density at radius 1 is 0.622 bits per heavy atom. The second-order valence-corrected chi connectivity index (χ2v) is 8.88. The molecule has 0 fully saturated rings. The van der Waals surface area contributed by atoms with E-state index in [-0.39, 0.29) is 48.9 Å². The van der Waals surface area contributed by atoms with Crippen LogP contribution in [0.1, 0.15) is 80.5 Å². The largest absolute Gasteiger partial charge is 0.462 e. The summed E-state index contributed by atoms with van der Waals surface area (Å²) in [5.41, 5.74) is 2.36. The van der Waals surface area contributed by atoms with Crippen molar-refractivity contribution in [2.45, 2.75) is 41.5 Å². The van der Waals surface area contributed by atoms with E-state index in [1.807, 2.05) is 0 Å². The smallest absolute Gasteiger partial charge is 0.355 e. The number of nitrogens with one attached hydrogen (secondary N) is 2. The van der Waals surface area contributed by atoms with Crippen LogP contribution in [0.5, 0.6) is 0 Å². The summed E-state index contributed by atoms with van der Waals surface area (Å²) in [5, 5.41) is 0. The predicted octanol–water partition coefficient (Wildman–Crippen LogP) is 5.06. The standard InChI is InChI=1S/C26H30N2O8S/c1-7-33-23(29)17-13(5)19(25(31)35-9-3)27-21(17)15-11-12-16(37-15)22-18(24(30)34-8-2)14(6)20(28-22)26(32)36-10-4/h11-12,27-28H,7-10H2,1-6H3. The average molecular weight is 531 g/mol. The zero-order valence-electron chi connectivity index (χ0n) is 21.7. The Morgan fingerprint density at radius 3 is 1.27 bits per heavy atom. The van der Waals surface area contributed by atoms with E-state index < -0.39 is 23.9 Å². The SMILES string of the molecule is CCOC(=O)c1[nH]c(-c2ccc(-c3[nH]c(C(=O)OCC)c(C)c3C(=O)OCC)s2)c(C(=O)OCC)c1C. The fourth-order valence-corrected chi connectivity index (χ4v) is 4.91. The molecular weight excluding hydrogens is 500 g/mol. The van der Waals surface area contributed by atoms with Gasteiger partial charge < -0.3 is 28.9 Å². The molecular formula is C26H30N2O8S. The molecule has 0 radical (unpaired) electrons. The molecule has 3 rings (SSSR count). The number of carbonyl (C=O) groups is 4. The number of hydrogen-bond acceptors (Lipinski definition) is 9. The molecule has 0 aliphatic heterocycles. The van der Waals surface area contributed by atoms with Gasteiger partial charge in [-0.15, -0.1) is 11.3 Å². The number of aromatic amines is 2. The lowest BCUT2D eigenvalue weighted by atomic mass is 10.1. The van der Waals surface area contributed by atoms with Gasteiger partial charge in [-0.3, -0.25) is 0 Å². The number of esters is 4. The molecule has 0 bridgehead atoms. The van der Waals surface area contributed by atoms with Gasteiger partial charge in [-0.25, -0.2) is 19.2 Å². The summed E-state index contributed by atoms with van der Waals surface area (Å²) in [6.45, 7) is 10.7. The van der Waals surface area contributed by atoms with Crippen LogP contribution in [-0.2, 0) is 18.9 Å². The molecule has 0 amide bonds. The first-order chi connectivity index (χ1) is 17.7. The minimum absolute atomic E-state index is 0.155. The molecule has 0 unspecified atom stereocenters. The minimum Gasteiger partial charge on any atom is -0.462 e. The summed E-state index contributed by atoms with van der Waals surface area (Å²) in [6.07, 6.45) is 0. The predicted molar refractivity (Wildman–Crippen MR) is 137 cm³/mol. The van der Waals surface area contributed by atoms with Gasteiger partial charge in [-0.2, -0.15) is 0 Å². The third kappa shape index (κ3) is 5.46. The number of thiophene rings is 1. The van der Waals surface area contributed by atoms with Crippen molar-refractivity contribution in [2.75, 3.05) is 26.4 Å². The summed E-state index contributed by atoms with van der Waals surface area (Å²) >= 11 is 1.25. The quantitative estimate of drug-likeness (QED) is 0.274. The van der Waals surface area contributed by atoms with E-state index in [0.717, 1.165) is 0 Å². The van der Waals surface area contributed by atoms with Crippen LogP contribution < -0.4 is 0 Å². The van der Waals surface area contributed by atoms with Gasteiger partial charge in [0, 0.05) is 0 Å². The van der Waals surface area contributed by atoms with Crippen molar-refractivity contribution in [3.05, 3.63) is 45.8 Å². The molecule has 0 saturated carbocycles. The van der Waals surface area contributed by atoms with E-state index in [2.05, 4.69) is 9.97 Å². The van der Waals surface area contributed by atoms with Crippen molar-refractivity contribution in [2.24, 2.45) is 0 Å². The van der Waals surface area contributed by atoms with E-state index in [0.29, 0.717) is 32.3 Å². The molecule has 3 heterocycles. The van der Waals surface area contributed by atoms with E-state index >= 15 is 0 Å². The Morgan fingerprint density at radius 2 is 0.946 bits per heavy atom. The van der Waals surface area contributed by atoms with Crippen molar-refractivity contribution in [1.29, 1.82) is 0 Å². The van der Waals surface area contributed by atoms with Gasteiger partial charge in [0.25, 0.3) is 0 Å². The third-order valence-corrected chi connectivity index (χ3v) is 6.64. The van der Waals surface area contributed by atoms with E-state index in [1.165, 1.54) is 11.3 Å². The first-order valence-corrected chi connectivity index (χ1v) is 12.8. The fourth-order valence-electron chi connectivity index (χ4n) is 3.90. The van der Waals surface area contributed by atoms with Gasteiger partial charge in [-0.05, 0) is 64.8 Å². The molecule has 3 aromatic heterocycles. The number of aromatic nitrogens is 2.